The Hall–Kier alpha value is 0.820. The fraction of sp³-hybridized carbons (Fsp3) is 0.333. The minimum atomic E-state index is 0.722. The summed E-state index contributed by atoms with van der Waals surface area (Å²) in [6.07, 6.45) is 0. The quantitative estimate of drug-likeness (QED) is 0.586. The lowest BCUT2D eigenvalue weighted by Gasteiger charge is -1.89. The summed E-state index contributed by atoms with van der Waals surface area (Å²) in [5, 5.41) is 0. The summed E-state index contributed by atoms with van der Waals surface area (Å²) in [6.45, 7) is 0. The molecule has 0 nitrogen and oxygen atoms in total. The lowest BCUT2D eigenvalue weighted by molar-refractivity contribution is 1.52. The van der Waals surface area contributed by atoms with E-state index in [1.165, 1.54) is 8.00 Å². The monoisotopic (exact) mass is 256 g/mol. The molecule has 0 unspecified atom stereocenters. The van der Waals surface area contributed by atoms with Gasteiger partial charge in [-0.3, -0.25) is 0 Å². The molecule has 1 heterocycles. The van der Waals surface area contributed by atoms with Crippen LogP contribution < -0.4 is 0 Å². The van der Waals surface area contributed by atoms with Crippen molar-refractivity contribution in [1.82, 2.24) is 0 Å². The van der Waals surface area contributed by atoms with E-state index in [1.54, 1.807) is 23.1 Å². The van der Waals surface area contributed by atoms with Gasteiger partial charge in [0.15, 0.2) is 0 Å². The molecule has 0 saturated carbocycles. The van der Waals surface area contributed by atoms with Crippen LogP contribution in [0.1, 0.15) is 0 Å². The number of hydrogen-bond donors (Lipinski definition) is 0. The summed E-state index contributed by atoms with van der Waals surface area (Å²) in [7, 11) is 0. The van der Waals surface area contributed by atoms with Crippen molar-refractivity contribution >= 4 is 50.6 Å². The van der Waals surface area contributed by atoms with Gasteiger partial charge in [-0.2, -0.15) is 0 Å². The number of thiophene rings is 1. The first-order valence-corrected chi connectivity index (χ1v) is 5.90. The molecule has 1 rings (SSSR count). The van der Waals surface area contributed by atoms with Crippen LogP contribution in [0.4, 0.5) is 0 Å². The van der Waals surface area contributed by atoms with Crippen molar-refractivity contribution in [1.29, 1.82) is 0 Å². The molecule has 1 aromatic heterocycles. The maximum atomic E-state index is 5.53. The molecule has 0 radical (unpaired) electrons. The van der Waals surface area contributed by atoms with Crippen LogP contribution in [-0.2, 0) is 0 Å². The van der Waals surface area contributed by atoms with E-state index in [-0.39, 0.29) is 0 Å². The van der Waals surface area contributed by atoms with E-state index in [4.69, 9.17) is 11.6 Å². The Kier molecular flexibility index (Phi) is 4.14. The Morgan fingerprint density at radius 3 is 2.90 bits per heavy atom. The van der Waals surface area contributed by atoms with Crippen LogP contribution in [0.5, 0.6) is 0 Å². The summed E-state index contributed by atoms with van der Waals surface area (Å²) in [5.41, 5.74) is 0. The third-order valence-electron chi connectivity index (χ3n) is 0.870. The van der Waals surface area contributed by atoms with Gasteiger partial charge in [0.05, 0.1) is 8.00 Å². The first kappa shape index (κ1) is 8.91. The average molecular weight is 258 g/mol. The fourth-order valence-corrected chi connectivity index (χ4v) is 3.38. The lowest BCUT2D eigenvalue weighted by atomic mass is 10.7. The number of alkyl halides is 1. The Bertz CT molecular complexity index is 199. The zero-order valence-corrected chi connectivity index (χ0v) is 9.12. The number of hydrogen-bond acceptors (Lipinski definition) is 2. The van der Waals surface area contributed by atoms with Gasteiger partial charge in [-0.05, 0) is 28.1 Å². The molecule has 56 valence electrons. The number of thioether (sulfide) groups is 1. The van der Waals surface area contributed by atoms with E-state index < -0.39 is 0 Å². The van der Waals surface area contributed by atoms with Crippen molar-refractivity contribution in [3.05, 3.63) is 15.9 Å². The van der Waals surface area contributed by atoms with Crippen LogP contribution in [0.2, 0.25) is 0 Å². The highest BCUT2D eigenvalue weighted by molar-refractivity contribution is 9.11. The fourth-order valence-electron chi connectivity index (χ4n) is 0.514. The minimum absolute atomic E-state index is 0.722. The molecule has 0 aromatic carbocycles. The van der Waals surface area contributed by atoms with Crippen molar-refractivity contribution in [2.24, 2.45) is 0 Å². The molecule has 1 aromatic rings. The van der Waals surface area contributed by atoms with E-state index >= 15 is 0 Å². The maximum Gasteiger partial charge on any atom is 0.0710 e. The van der Waals surface area contributed by atoms with E-state index in [9.17, 15) is 0 Å². The van der Waals surface area contributed by atoms with E-state index in [0.717, 1.165) is 11.6 Å². The predicted octanol–water partition coefficient (Wildman–Crippen LogP) is 3.84. The van der Waals surface area contributed by atoms with Crippen LogP contribution >= 0.6 is 50.6 Å². The second kappa shape index (κ2) is 4.65. The third-order valence-corrected chi connectivity index (χ3v) is 4.13. The topological polar surface area (TPSA) is 0 Å². The van der Waals surface area contributed by atoms with Crippen LogP contribution in [-0.4, -0.2) is 11.6 Å². The van der Waals surface area contributed by atoms with E-state index in [0.29, 0.717) is 0 Å². The zero-order valence-electron chi connectivity index (χ0n) is 5.14. The van der Waals surface area contributed by atoms with Gasteiger partial charge in [0.2, 0.25) is 0 Å². The van der Waals surface area contributed by atoms with Crippen LogP contribution in [0.3, 0.4) is 0 Å². The third kappa shape index (κ3) is 2.82. The first-order valence-electron chi connectivity index (χ1n) is 2.77. The zero-order chi connectivity index (χ0) is 7.40. The van der Waals surface area contributed by atoms with Crippen molar-refractivity contribution in [2.45, 2.75) is 4.21 Å². The normalized spacial score (nSPS) is 10.2. The van der Waals surface area contributed by atoms with Crippen molar-refractivity contribution in [3.63, 3.8) is 0 Å². The highest BCUT2D eigenvalue weighted by Crippen LogP contribution is 2.30. The molecule has 0 amide bonds. The van der Waals surface area contributed by atoms with Gasteiger partial charge in [0.1, 0.15) is 0 Å². The largest absolute Gasteiger partial charge is 0.126 e. The molecule has 10 heavy (non-hydrogen) atoms. The second-order valence-corrected chi connectivity index (χ2v) is 5.83. The SMILES string of the molecule is ClCCSc1ccc(Br)s1. The van der Waals surface area contributed by atoms with E-state index in [2.05, 4.69) is 28.1 Å². The number of halogens is 2. The smallest absolute Gasteiger partial charge is 0.0710 e. The Labute approximate surface area is 82.1 Å². The summed E-state index contributed by atoms with van der Waals surface area (Å²) in [5.74, 6) is 1.72. The lowest BCUT2D eigenvalue weighted by Crippen LogP contribution is -1.74. The molecule has 0 atom stereocenters. The molecule has 0 N–H and O–H groups in total. The van der Waals surface area contributed by atoms with Crippen LogP contribution in [0.25, 0.3) is 0 Å². The van der Waals surface area contributed by atoms with Gasteiger partial charge in [0, 0.05) is 11.6 Å². The summed E-state index contributed by atoms with van der Waals surface area (Å²) < 4.78 is 2.51. The number of rotatable bonds is 3. The average Bonchev–Trinajstić information content (AvgIpc) is 2.31. The highest BCUT2D eigenvalue weighted by atomic mass is 79.9. The van der Waals surface area contributed by atoms with Gasteiger partial charge < -0.3 is 0 Å². The summed E-state index contributed by atoms with van der Waals surface area (Å²) >= 11 is 12.5. The predicted molar refractivity (Wildman–Crippen MR) is 53.5 cm³/mol. The van der Waals surface area contributed by atoms with Gasteiger partial charge in [-0.25, -0.2) is 0 Å². The first-order chi connectivity index (χ1) is 4.83. The molecule has 0 aliphatic heterocycles. The van der Waals surface area contributed by atoms with E-state index in [1.807, 2.05) is 0 Å². The van der Waals surface area contributed by atoms with Crippen molar-refractivity contribution in [2.75, 3.05) is 11.6 Å². The molecular weight excluding hydrogens is 252 g/mol. The van der Waals surface area contributed by atoms with Crippen LogP contribution in [0, 0.1) is 0 Å². The van der Waals surface area contributed by atoms with Crippen LogP contribution in [0.15, 0.2) is 20.1 Å². The molecule has 0 bridgehead atoms. The summed E-state index contributed by atoms with van der Waals surface area (Å²) in [6, 6.07) is 4.16. The van der Waals surface area contributed by atoms with Crippen molar-refractivity contribution < 1.29 is 0 Å². The molecule has 0 aliphatic carbocycles. The minimum Gasteiger partial charge on any atom is -0.126 e. The Morgan fingerprint density at radius 1 is 1.60 bits per heavy atom. The highest BCUT2D eigenvalue weighted by Gasteiger charge is 1.96. The molecule has 4 heteroatoms. The van der Waals surface area contributed by atoms with Gasteiger partial charge >= 0.3 is 0 Å². The second-order valence-electron chi connectivity index (χ2n) is 1.60. The van der Waals surface area contributed by atoms with Crippen molar-refractivity contribution in [3.8, 4) is 0 Å². The standard InChI is InChI=1S/C6H6BrClS2/c7-5-1-2-6(10-5)9-4-3-8/h1-2H,3-4H2. The Morgan fingerprint density at radius 2 is 2.40 bits per heavy atom. The molecule has 0 fully saturated rings. The summed E-state index contributed by atoms with van der Waals surface area (Å²) in [4.78, 5) is 0. The van der Waals surface area contributed by atoms with Gasteiger partial charge in [-0.1, -0.05) is 0 Å². The molecule has 0 spiro atoms. The van der Waals surface area contributed by atoms with Gasteiger partial charge in [-0.15, -0.1) is 34.7 Å². The Balaban J connectivity index is 2.42. The molecule has 0 saturated heterocycles. The molecule has 0 aliphatic rings. The molecular formula is C6H6BrClS2. The maximum absolute atomic E-state index is 5.53. The van der Waals surface area contributed by atoms with Gasteiger partial charge in [0.25, 0.3) is 0 Å².